The van der Waals surface area contributed by atoms with E-state index < -0.39 is 10.0 Å². The van der Waals surface area contributed by atoms with Gasteiger partial charge in [-0.1, -0.05) is 48.5 Å². The molecule has 0 atom stereocenters. The fourth-order valence-electron chi connectivity index (χ4n) is 2.64. The number of nitrogens with one attached hydrogen (secondary N) is 1. The third-order valence-corrected chi connectivity index (χ3v) is 5.43. The van der Waals surface area contributed by atoms with E-state index in [1.807, 2.05) is 60.7 Å². The van der Waals surface area contributed by atoms with Crippen molar-refractivity contribution in [2.75, 3.05) is 11.0 Å². The van der Waals surface area contributed by atoms with E-state index in [0.717, 1.165) is 27.0 Å². The molecule has 27 heavy (non-hydrogen) atoms. The molecule has 1 N–H and O–H groups in total. The summed E-state index contributed by atoms with van der Waals surface area (Å²) in [5.41, 5.74) is 2.16. The Kier molecular flexibility index (Phi) is 4.55. The van der Waals surface area contributed by atoms with Gasteiger partial charge >= 0.3 is 0 Å². The molecule has 0 bridgehead atoms. The summed E-state index contributed by atoms with van der Waals surface area (Å²) >= 11 is 1.50. The first kappa shape index (κ1) is 17.5. The van der Waals surface area contributed by atoms with Crippen LogP contribution in [0.15, 0.2) is 72.8 Å². The first-order valence-electron chi connectivity index (χ1n) is 8.19. The van der Waals surface area contributed by atoms with Gasteiger partial charge in [0, 0.05) is 11.6 Å². The summed E-state index contributed by atoms with van der Waals surface area (Å²) in [7, 11) is -3.45. The van der Waals surface area contributed by atoms with E-state index in [0.29, 0.717) is 17.2 Å². The number of aromatic nitrogens is 1. The van der Waals surface area contributed by atoms with Gasteiger partial charge in [0.1, 0.15) is 10.8 Å². The molecule has 0 amide bonds. The van der Waals surface area contributed by atoms with E-state index in [4.69, 9.17) is 4.74 Å². The number of ether oxygens (including phenoxy) is 1. The van der Waals surface area contributed by atoms with Crippen LogP contribution in [-0.4, -0.2) is 19.7 Å². The van der Waals surface area contributed by atoms with Crippen LogP contribution in [-0.2, 0) is 10.0 Å². The van der Waals surface area contributed by atoms with Gasteiger partial charge in [-0.2, -0.15) is 0 Å². The molecule has 0 unspecified atom stereocenters. The summed E-state index contributed by atoms with van der Waals surface area (Å²) in [5, 5.41) is 0.868. The lowest BCUT2D eigenvalue weighted by Crippen LogP contribution is -2.10. The topological polar surface area (TPSA) is 68.3 Å². The predicted molar refractivity (Wildman–Crippen MR) is 110 cm³/mol. The number of nitrogens with zero attached hydrogens (tertiary/aromatic N) is 1. The molecule has 3 aromatic carbocycles. The van der Waals surface area contributed by atoms with Crippen molar-refractivity contribution in [3.05, 3.63) is 72.8 Å². The number of rotatable bonds is 5. The Morgan fingerprint density at radius 1 is 0.963 bits per heavy atom. The molecule has 0 aliphatic carbocycles. The minimum Gasteiger partial charge on any atom is -0.455 e. The number of fused-ring (bicyclic) bond motifs is 1. The summed E-state index contributed by atoms with van der Waals surface area (Å²) in [5.74, 6) is 1.02. The van der Waals surface area contributed by atoms with E-state index in [9.17, 15) is 8.42 Å². The zero-order valence-electron chi connectivity index (χ0n) is 14.4. The largest absolute Gasteiger partial charge is 0.455 e. The lowest BCUT2D eigenvalue weighted by atomic mass is 10.2. The summed E-state index contributed by atoms with van der Waals surface area (Å²) in [6.45, 7) is 0. The fraction of sp³-hybridized carbons (Fsp3) is 0.0500. The van der Waals surface area contributed by atoms with Gasteiger partial charge in [0.15, 0.2) is 5.75 Å². The smallest absolute Gasteiger partial charge is 0.229 e. The first-order chi connectivity index (χ1) is 13.0. The van der Waals surface area contributed by atoms with E-state index in [-0.39, 0.29) is 0 Å². The van der Waals surface area contributed by atoms with Gasteiger partial charge in [0.25, 0.3) is 0 Å². The number of hydrogen-bond donors (Lipinski definition) is 1. The van der Waals surface area contributed by atoms with Crippen LogP contribution >= 0.6 is 11.3 Å². The Balaban J connectivity index is 1.82. The Labute approximate surface area is 161 Å². The Bertz CT molecular complexity index is 1190. The van der Waals surface area contributed by atoms with Crippen molar-refractivity contribution in [2.45, 2.75) is 0 Å². The molecule has 0 aliphatic heterocycles. The molecule has 4 rings (SSSR count). The molecule has 1 aromatic heterocycles. The standard InChI is InChI=1S/C20H16N2O3S2/c1-27(23,24)22-16-13-19-17(12-18(16)25-15-10-6-3-7-11-15)21-20(26-19)14-8-4-2-5-9-14/h2-13,22H,1H3. The predicted octanol–water partition coefficient (Wildman–Crippen LogP) is 5.13. The fourth-order valence-corrected chi connectivity index (χ4v) is 4.19. The molecule has 0 radical (unpaired) electrons. The molecule has 0 aliphatic rings. The molecule has 1 heterocycles. The van der Waals surface area contributed by atoms with Crippen molar-refractivity contribution >= 4 is 37.3 Å². The molecule has 136 valence electrons. The molecular formula is C20H16N2O3S2. The molecule has 7 heteroatoms. The monoisotopic (exact) mass is 396 g/mol. The van der Waals surface area contributed by atoms with E-state index in [1.54, 1.807) is 12.1 Å². The molecule has 0 saturated carbocycles. The molecule has 5 nitrogen and oxygen atoms in total. The van der Waals surface area contributed by atoms with Gasteiger partial charge in [0.05, 0.1) is 22.2 Å². The zero-order chi connectivity index (χ0) is 18.9. The third-order valence-electron chi connectivity index (χ3n) is 3.78. The molecule has 0 fully saturated rings. The number of sulfonamides is 1. The molecule has 4 aromatic rings. The number of para-hydroxylation sites is 1. The number of hydrogen-bond acceptors (Lipinski definition) is 5. The van der Waals surface area contributed by atoms with Crippen LogP contribution in [0, 0.1) is 0 Å². The first-order valence-corrected chi connectivity index (χ1v) is 10.9. The van der Waals surface area contributed by atoms with Gasteiger partial charge < -0.3 is 4.74 Å². The van der Waals surface area contributed by atoms with Crippen molar-refractivity contribution in [3.63, 3.8) is 0 Å². The minimum atomic E-state index is -3.45. The summed E-state index contributed by atoms with van der Waals surface area (Å²) in [4.78, 5) is 4.68. The van der Waals surface area contributed by atoms with Gasteiger partial charge in [-0.3, -0.25) is 4.72 Å². The number of thiazole rings is 1. The maximum atomic E-state index is 11.8. The van der Waals surface area contributed by atoms with Crippen LogP contribution in [0.2, 0.25) is 0 Å². The summed E-state index contributed by atoms with van der Waals surface area (Å²) < 4.78 is 32.9. The van der Waals surface area contributed by atoms with Crippen molar-refractivity contribution < 1.29 is 13.2 Å². The lowest BCUT2D eigenvalue weighted by Gasteiger charge is -2.12. The summed E-state index contributed by atoms with van der Waals surface area (Å²) in [6.07, 6.45) is 1.12. The molecule has 0 saturated heterocycles. The van der Waals surface area contributed by atoms with Crippen LogP contribution in [0.5, 0.6) is 11.5 Å². The highest BCUT2D eigenvalue weighted by molar-refractivity contribution is 7.92. The van der Waals surface area contributed by atoms with Crippen LogP contribution in [0.1, 0.15) is 0 Å². The maximum Gasteiger partial charge on any atom is 0.229 e. The maximum absolute atomic E-state index is 11.8. The van der Waals surface area contributed by atoms with Crippen molar-refractivity contribution in [1.82, 2.24) is 4.98 Å². The second-order valence-corrected chi connectivity index (χ2v) is 8.77. The lowest BCUT2D eigenvalue weighted by molar-refractivity contribution is 0.485. The van der Waals surface area contributed by atoms with Crippen LogP contribution in [0.25, 0.3) is 20.8 Å². The summed E-state index contributed by atoms with van der Waals surface area (Å²) in [6, 6.07) is 22.6. The van der Waals surface area contributed by atoms with E-state index in [1.165, 1.54) is 11.3 Å². The van der Waals surface area contributed by atoms with Crippen molar-refractivity contribution in [3.8, 4) is 22.1 Å². The molecule has 0 spiro atoms. The van der Waals surface area contributed by atoms with Crippen LogP contribution in [0.4, 0.5) is 5.69 Å². The number of benzene rings is 3. The average Bonchev–Trinajstić information content (AvgIpc) is 3.05. The second kappa shape index (κ2) is 7.02. The highest BCUT2D eigenvalue weighted by Crippen LogP contribution is 2.38. The highest BCUT2D eigenvalue weighted by Gasteiger charge is 2.15. The van der Waals surface area contributed by atoms with Gasteiger partial charge in [-0.05, 0) is 18.2 Å². The zero-order valence-corrected chi connectivity index (χ0v) is 16.0. The van der Waals surface area contributed by atoms with E-state index >= 15 is 0 Å². The van der Waals surface area contributed by atoms with Gasteiger partial charge in [-0.15, -0.1) is 11.3 Å². The Morgan fingerprint density at radius 2 is 1.63 bits per heavy atom. The highest BCUT2D eigenvalue weighted by atomic mass is 32.2. The number of anilines is 1. The Hall–Kier alpha value is -2.90. The molecular weight excluding hydrogens is 380 g/mol. The van der Waals surface area contributed by atoms with Gasteiger partial charge in [-0.25, -0.2) is 13.4 Å². The third kappa shape index (κ3) is 4.10. The quantitative estimate of drug-likeness (QED) is 0.508. The Morgan fingerprint density at radius 3 is 2.30 bits per heavy atom. The van der Waals surface area contributed by atoms with Crippen molar-refractivity contribution in [1.29, 1.82) is 0 Å². The van der Waals surface area contributed by atoms with E-state index in [2.05, 4.69) is 9.71 Å². The van der Waals surface area contributed by atoms with Crippen LogP contribution < -0.4 is 9.46 Å². The second-order valence-electron chi connectivity index (χ2n) is 5.99. The normalized spacial score (nSPS) is 11.4. The minimum absolute atomic E-state index is 0.386. The van der Waals surface area contributed by atoms with Gasteiger partial charge in [0.2, 0.25) is 10.0 Å². The SMILES string of the molecule is CS(=O)(=O)Nc1cc2sc(-c3ccccc3)nc2cc1Oc1ccccc1. The van der Waals surface area contributed by atoms with Crippen LogP contribution in [0.3, 0.4) is 0 Å². The average molecular weight is 396 g/mol. The van der Waals surface area contributed by atoms with Crippen molar-refractivity contribution in [2.24, 2.45) is 0 Å².